The molecule has 1 saturated heterocycles. The van der Waals surface area contributed by atoms with Crippen molar-refractivity contribution in [1.29, 1.82) is 0 Å². The maximum absolute atomic E-state index is 12.0. The van der Waals surface area contributed by atoms with Crippen LogP contribution in [0.25, 0.3) is 16.6 Å². The second kappa shape index (κ2) is 9.74. The molecule has 3 aromatic rings. The van der Waals surface area contributed by atoms with Crippen LogP contribution in [-0.4, -0.2) is 45.4 Å². The number of thiophene rings is 1. The minimum atomic E-state index is -0.899. The van der Waals surface area contributed by atoms with E-state index in [0.717, 1.165) is 27.3 Å². The van der Waals surface area contributed by atoms with Gasteiger partial charge in [-0.15, -0.1) is 11.3 Å². The van der Waals surface area contributed by atoms with Crippen LogP contribution < -0.4 is 10.6 Å². The Labute approximate surface area is 211 Å². The van der Waals surface area contributed by atoms with Crippen LogP contribution in [-0.2, 0) is 11.2 Å². The first kappa shape index (κ1) is 24.2. The number of nitrogens with one attached hydrogen (secondary N) is 2. The molecule has 7 nitrogen and oxygen atoms in total. The summed E-state index contributed by atoms with van der Waals surface area (Å²) in [6.45, 7) is 8.04. The van der Waals surface area contributed by atoms with Gasteiger partial charge in [0.2, 0.25) is 5.95 Å². The van der Waals surface area contributed by atoms with Gasteiger partial charge in [0.15, 0.2) is 0 Å². The lowest BCUT2D eigenvalue weighted by molar-refractivity contribution is -0.125. The third-order valence-corrected chi connectivity index (χ3v) is 7.32. The summed E-state index contributed by atoms with van der Waals surface area (Å²) in [7, 11) is 0. The lowest BCUT2D eigenvalue weighted by atomic mass is 10.0. The van der Waals surface area contributed by atoms with Crippen LogP contribution >= 0.6 is 34.5 Å². The molecular formula is C24H23Cl2N5O2S. The molecule has 0 aliphatic carbocycles. The molecule has 0 unspecified atom stereocenters. The van der Waals surface area contributed by atoms with Gasteiger partial charge in [-0.3, -0.25) is 10.1 Å². The van der Waals surface area contributed by atoms with Crippen LogP contribution in [0.3, 0.4) is 0 Å². The van der Waals surface area contributed by atoms with E-state index < -0.39 is 11.6 Å². The Morgan fingerprint density at radius 3 is 2.62 bits per heavy atom. The molecule has 1 aromatic carbocycles. The fourth-order valence-corrected chi connectivity index (χ4v) is 5.22. The zero-order valence-electron chi connectivity index (χ0n) is 18.7. The highest BCUT2D eigenvalue weighted by molar-refractivity contribution is 7.15. The standard InChI is InChI=1S/C24H23Cl2N5O2S/c1-4-15-12-19(34-18(15)11-14-5-7-16(25)8-6-14)20-17(26)13-28-22(29-20)27-9-10-31-23(33)30-21(32)24(31,2)3/h4-8,12-13H,1,9-11H2,2-3H3,(H,27,28,29)(H,30,32,33). The van der Waals surface area contributed by atoms with Crippen LogP contribution in [0.15, 0.2) is 43.1 Å². The number of carbonyl (C=O) groups is 2. The molecule has 0 atom stereocenters. The molecule has 0 spiro atoms. The molecule has 0 bridgehead atoms. The average molecular weight is 516 g/mol. The maximum Gasteiger partial charge on any atom is 0.325 e. The van der Waals surface area contributed by atoms with Crippen molar-refractivity contribution in [1.82, 2.24) is 20.2 Å². The topological polar surface area (TPSA) is 87.2 Å². The molecule has 0 saturated carbocycles. The number of amides is 3. The molecule has 2 N–H and O–H groups in total. The molecule has 3 heterocycles. The number of halogens is 2. The molecule has 1 aliphatic rings. The minimum absolute atomic E-state index is 0.312. The molecule has 176 valence electrons. The van der Waals surface area contributed by atoms with Crippen LogP contribution in [0.1, 0.15) is 29.9 Å². The lowest BCUT2D eigenvalue weighted by Crippen LogP contribution is -2.46. The van der Waals surface area contributed by atoms with Gasteiger partial charge >= 0.3 is 6.03 Å². The van der Waals surface area contributed by atoms with Gasteiger partial charge in [-0.05, 0) is 43.2 Å². The van der Waals surface area contributed by atoms with Gasteiger partial charge in [0.05, 0.1) is 16.1 Å². The Bertz CT molecular complexity index is 1260. The fourth-order valence-electron chi connectivity index (χ4n) is 3.64. The van der Waals surface area contributed by atoms with E-state index in [-0.39, 0.29) is 5.91 Å². The molecule has 34 heavy (non-hydrogen) atoms. The SMILES string of the molecule is C=Cc1cc(-c2nc(NCCN3C(=O)NC(=O)C3(C)C)ncc2Cl)sc1Cc1ccc(Cl)cc1. The van der Waals surface area contributed by atoms with Crippen molar-refractivity contribution in [2.75, 3.05) is 18.4 Å². The molecule has 1 fully saturated rings. The monoisotopic (exact) mass is 515 g/mol. The van der Waals surface area contributed by atoms with Crippen LogP contribution in [0.2, 0.25) is 10.0 Å². The van der Waals surface area contributed by atoms with Crippen LogP contribution in [0.5, 0.6) is 0 Å². The minimum Gasteiger partial charge on any atom is -0.352 e. The van der Waals surface area contributed by atoms with Crippen molar-refractivity contribution in [3.63, 3.8) is 0 Å². The number of imide groups is 1. The summed E-state index contributed by atoms with van der Waals surface area (Å²) in [4.78, 5) is 36.4. The van der Waals surface area contributed by atoms with E-state index in [1.165, 1.54) is 4.90 Å². The van der Waals surface area contributed by atoms with E-state index in [2.05, 4.69) is 27.2 Å². The van der Waals surface area contributed by atoms with E-state index in [1.54, 1.807) is 31.4 Å². The molecular weight excluding hydrogens is 493 g/mol. The van der Waals surface area contributed by atoms with Gasteiger partial charge in [0.1, 0.15) is 11.2 Å². The largest absolute Gasteiger partial charge is 0.352 e. The first-order valence-electron chi connectivity index (χ1n) is 10.6. The van der Waals surface area contributed by atoms with Gasteiger partial charge in [0, 0.05) is 29.4 Å². The normalized spacial score (nSPS) is 14.9. The van der Waals surface area contributed by atoms with E-state index >= 15 is 0 Å². The van der Waals surface area contributed by atoms with Crippen molar-refractivity contribution in [2.45, 2.75) is 25.8 Å². The van der Waals surface area contributed by atoms with E-state index in [1.807, 2.05) is 36.4 Å². The first-order chi connectivity index (χ1) is 16.2. The van der Waals surface area contributed by atoms with Crippen molar-refractivity contribution < 1.29 is 9.59 Å². The van der Waals surface area contributed by atoms with E-state index in [9.17, 15) is 9.59 Å². The summed E-state index contributed by atoms with van der Waals surface area (Å²) in [5, 5.41) is 6.59. The highest BCUT2D eigenvalue weighted by atomic mass is 35.5. The average Bonchev–Trinajstić information content (AvgIpc) is 3.29. The molecule has 2 aromatic heterocycles. The van der Waals surface area contributed by atoms with Crippen molar-refractivity contribution in [2.24, 2.45) is 0 Å². The van der Waals surface area contributed by atoms with Crippen molar-refractivity contribution in [3.8, 4) is 10.6 Å². The highest BCUT2D eigenvalue weighted by Gasteiger charge is 2.45. The second-order valence-corrected chi connectivity index (χ2v) is 10.3. The molecule has 3 amide bonds. The fraction of sp³-hybridized carbons (Fsp3) is 0.250. The number of hydrogen-bond acceptors (Lipinski definition) is 6. The number of carbonyl (C=O) groups excluding carboxylic acids is 2. The van der Waals surface area contributed by atoms with Crippen LogP contribution in [0, 0.1) is 0 Å². The number of nitrogens with zero attached hydrogens (tertiary/aromatic N) is 3. The summed E-state index contributed by atoms with van der Waals surface area (Å²) in [6, 6.07) is 9.37. The number of hydrogen-bond donors (Lipinski definition) is 2. The van der Waals surface area contributed by atoms with Gasteiger partial charge < -0.3 is 10.2 Å². The summed E-state index contributed by atoms with van der Waals surface area (Å²) in [5.41, 5.74) is 1.88. The second-order valence-electron chi connectivity index (χ2n) is 8.28. The van der Waals surface area contributed by atoms with Crippen molar-refractivity contribution in [3.05, 3.63) is 69.2 Å². The third-order valence-electron chi connectivity index (χ3n) is 5.63. The molecule has 4 rings (SSSR count). The zero-order chi connectivity index (χ0) is 24.5. The summed E-state index contributed by atoms with van der Waals surface area (Å²) in [5.74, 6) is 0.0728. The zero-order valence-corrected chi connectivity index (χ0v) is 21.0. The Morgan fingerprint density at radius 2 is 1.97 bits per heavy atom. The summed E-state index contributed by atoms with van der Waals surface area (Å²) < 4.78 is 0. The number of benzene rings is 1. The van der Waals surface area contributed by atoms with Crippen molar-refractivity contribution >= 4 is 58.5 Å². The number of aromatic nitrogens is 2. The summed E-state index contributed by atoms with van der Waals surface area (Å²) in [6.07, 6.45) is 4.11. The number of rotatable bonds is 8. The van der Waals surface area contributed by atoms with Gasteiger partial charge in [0.25, 0.3) is 5.91 Å². The van der Waals surface area contributed by atoms with E-state index in [4.69, 9.17) is 23.2 Å². The first-order valence-corrected chi connectivity index (χ1v) is 12.2. The lowest BCUT2D eigenvalue weighted by Gasteiger charge is -2.27. The number of urea groups is 1. The van der Waals surface area contributed by atoms with Crippen LogP contribution in [0.4, 0.5) is 10.7 Å². The van der Waals surface area contributed by atoms with Gasteiger partial charge in [-0.25, -0.2) is 14.8 Å². The Hall–Kier alpha value is -2.94. The predicted octanol–water partition coefficient (Wildman–Crippen LogP) is 5.49. The molecule has 1 aliphatic heterocycles. The summed E-state index contributed by atoms with van der Waals surface area (Å²) >= 11 is 14.0. The third kappa shape index (κ3) is 4.94. The smallest absolute Gasteiger partial charge is 0.325 e. The van der Waals surface area contributed by atoms with Gasteiger partial charge in [-0.2, -0.15) is 0 Å². The Kier molecular flexibility index (Phi) is 6.93. The molecule has 10 heteroatoms. The highest BCUT2D eigenvalue weighted by Crippen LogP contribution is 2.36. The Morgan fingerprint density at radius 1 is 1.24 bits per heavy atom. The molecule has 0 radical (unpaired) electrons. The van der Waals surface area contributed by atoms with E-state index in [0.29, 0.717) is 34.8 Å². The Balaban J connectivity index is 1.50. The number of anilines is 1. The van der Waals surface area contributed by atoms with Gasteiger partial charge in [-0.1, -0.05) is 48.0 Å². The maximum atomic E-state index is 12.0. The predicted molar refractivity (Wildman–Crippen MR) is 138 cm³/mol. The quantitative estimate of drug-likeness (QED) is 0.387.